The summed E-state index contributed by atoms with van der Waals surface area (Å²) in [4.78, 5) is 36.6. The molecule has 1 heterocycles. The molecule has 0 spiro atoms. The molecule has 0 aromatic rings. The first-order valence-corrected chi connectivity index (χ1v) is 7.43. The van der Waals surface area contributed by atoms with Crippen LogP contribution in [0.1, 0.15) is 46.5 Å². The van der Waals surface area contributed by atoms with Gasteiger partial charge >= 0.3 is 12.0 Å². The number of carboxylic acids is 1. The quantitative estimate of drug-likeness (QED) is 0.719. The Balaban J connectivity index is 2.66. The molecule has 0 saturated carbocycles. The molecule has 7 heteroatoms. The average Bonchev–Trinajstić information content (AvgIpc) is 2.63. The number of likely N-dealkylation sites (tertiary alicyclic amines) is 1. The fourth-order valence-corrected chi connectivity index (χ4v) is 2.35. The summed E-state index contributed by atoms with van der Waals surface area (Å²) in [6, 6.07) is -2.01. The van der Waals surface area contributed by atoms with Crippen LogP contribution in [-0.4, -0.2) is 52.6 Å². The molecule has 1 aliphatic rings. The van der Waals surface area contributed by atoms with Gasteiger partial charge in [-0.2, -0.15) is 0 Å². The molecule has 2 unspecified atom stereocenters. The van der Waals surface area contributed by atoms with Crippen molar-refractivity contribution in [1.29, 1.82) is 0 Å². The van der Waals surface area contributed by atoms with Gasteiger partial charge in [-0.05, 0) is 33.6 Å². The molecule has 0 aromatic carbocycles. The summed E-state index contributed by atoms with van der Waals surface area (Å²) in [5.74, 6) is -1.27. The number of carbonyl (C=O) groups excluding carboxylic acids is 2. The van der Waals surface area contributed by atoms with E-state index in [0.717, 1.165) is 19.3 Å². The van der Waals surface area contributed by atoms with Crippen LogP contribution in [0.2, 0.25) is 0 Å². The maximum absolute atomic E-state index is 12.2. The molecule has 7 nitrogen and oxygen atoms in total. The fourth-order valence-electron chi connectivity index (χ4n) is 2.35. The van der Waals surface area contributed by atoms with E-state index in [2.05, 4.69) is 10.6 Å². The van der Waals surface area contributed by atoms with Crippen LogP contribution in [0.4, 0.5) is 4.79 Å². The zero-order valence-corrected chi connectivity index (χ0v) is 12.9. The molecule has 1 rings (SSSR count). The number of carbonyl (C=O) groups is 3. The molecule has 1 saturated heterocycles. The van der Waals surface area contributed by atoms with Crippen LogP contribution in [0.15, 0.2) is 0 Å². The van der Waals surface area contributed by atoms with Crippen LogP contribution < -0.4 is 10.6 Å². The summed E-state index contributed by atoms with van der Waals surface area (Å²) in [5.41, 5.74) is 0. The van der Waals surface area contributed by atoms with Crippen molar-refractivity contribution in [3.05, 3.63) is 0 Å². The Morgan fingerprint density at radius 2 is 1.76 bits per heavy atom. The van der Waals surface area contributed by atoms with Crippen LogP contribution in [-0.2, 0) is 9.59 Å². The highest BCUT2D eigenvalue weighted by molar-refractivity contribution is 5.88. The molecular weight excluding hydrogens is 274 g/mol. The van der Waals surface area contributed by atoms with Gasteiger partial charge < -0.3 is 20.6 Å². The summed E-state index contributed by atoms with van der Waals surface area (Å²) >= 11 is 0. The largest absolute Gasteiger partial charge is 0.480 e. The minimum Gasteiger partial charge on any atom is -0.480 e. The first-order chi connectivity index (χ1) is 9.82. The van der Waals surface area contributed by atoms with E-state index in [4.69, 9.17) is 0 Å². The molecule has 0 bridgehead atoms. The smallest absolute Gasteiger partial charge is 0.326 e. The van der Waals surface area contributed by atoms with E-state index in [0.29, 0.717) is 13.0 Å². The Kier molecular flexibility index (Phi) is 6.45. The molecular formula is C14H25N3O4. The van der Waals surface area contributed by atoms with Crippen LogP contribution in [0, 0.1) is 0 Å². The predicted molar refractivity (Wildman–Crippen MR) is 77.9 cm³/mol. The minimum absolute atomic E-state index is 0.0122. The molecule has 0 aliphatic carbocycles. The maximum atomic E-state index is 12.2. The van der Waals surface area contributed by atoms with Crippen molar-refractivity contribution in [2.24, 2.45) is 0 Å². The molecule has 1 aliphatic heterocycles. The van der Waals surface area contributed by atoms with Crippen LogP contribution in [0.3, 0.4) is 0 Å². The standard InChI is InChI=1S/C14H25N3O4/c1-9(2)15-12(18)10(3)16-14(21)17-8-6-4-5-7-11(17)13(19)20/h9-11H,4-8H2,1-3H3,(H,15,18)(H,16,21)(H,19,20). The minimum atomic E-state index is -0.994. The van der Waals surface area contributed by atoms with Crippen molar-refractivity contribution < 1.29 is 19.5 Å². The van der Waals surface area contributed by atoms with Crippen LogP contribution in [0.25, 0.3) is 0 Å². The number of nitrogens with one attached hydrogen (secondary N) is 2. The van der Waals surface area contributed by atoms with Gasteiger partial charge in [0.2, 0.25) is 5.91 Å². The Bertz CT molecular complexity index is 398. The van der Waals surface area contributed by atoms with E-state index in [1.54, 1.807) is 6.92 Å². The SMILES string of the molecule is CC(C)NC(=O)C(C)NC(=O)N1CCCCCC1C(=O)O. The van der Waals surface area contributed by atoms with E-state index in [-0.39, 0.29) is 11.9 Å². The number of nitrogens with zero attached hydrogens (tertiary/aromatic N) is 1. The zero-order valence-electron chi connectivity index (χ0n) is 12.9. The molecule has 3 amide bonds. The van der Waals surface area contributed by atoms with E-state index < -0.39 is 24.1 Å². The normalized spacial score (nSPS) is 20.6. The number of urea groups is 1. The second-order valence-electron chi connectivity index (χ2n) is 5.73. The number of hydrogen-bond acceptors (Lipinski definition) is 3. The van der Waals surface area contributed by atoms with Crippen molar-refractivity contribution in [2.45, 2.75) is 64.6 Å². The molecule has 0 radical (unpaired) electrons. The Morgan fingerprint density at radius 1 is 1.10 bits per heavy atom. The highest BCUT2D eigenvalue weighted by atomic mass is 16.4. The summed E-state index contributed by atoms with van der Waals surface area (Å²) in [5, 5.41) is 14.5. The van der Waals surface area contributed by atoms with E-state index >= 15 is 0 Å². The topological polar surface area (TPSA) is 98.7 Å². The van der Waals surface area contributed by atoms with Gasteiger partial charge in [0.25, 0.3) is 0 Å². The average molecular weight is 299 g/mol. The first kappa shape index (κ1) is 17.3. The zero-order chi connectivity index (χ0) is 16.0. The van der Waals surface area contributed by atoms with E-state index in [1.807, 2.05) is 13.8 Å². The third-order valence-electron chi connectivity index (χ3n) is 3.46. The predicted octanol–water partition coefficient (Wildman–Crippen LogP) is 0.938. The van der Waals surface area contributed by atoms with Crippen LogP contribution >= 0.6 is 0 Å². The number of aliphatic carboxylic acids is 1. The van der Waals surface area contributed by atoms with Crippen LogP contribution in [0.5, 0.6) is 0 Å². The lowest BCUT2D eigenvalue weighted by molar-refractivity contribution is -0.142. The second kappa shape index (κ2) is 7.85. The highest BCUT2D eigenvalue weighted by Crippen LogP contribution is 2.17. The summed E-state index contributed by atoms with van der Waals surface area (Å²) in [6.45, 7) is 5.66. The Morgan fingerprint density at radius 3 is 2.33 bits per heavy atom. The van der Waals surface area contributed by atoms with Gasteiger partial charge in [-0.15, -0.1) is 0 Å². The number of amides is 3. The highest BCUT2D eigenvalue weighted by Gasteiger charge is 2.31. The van der Waals surface area contributed by atoms with Crippen molar-refractivity contribution >= 4 is 17.9 Å². The maximum Gasteiger partial charge on any atom is 0.326 e. The van der Waals surface area contributed by atoms with Crippen molar-refractivity contribution in [1.82, 2.24) is 15.5 Å². The molecule has 3 N–H and O–H groups in total. The van der Waals surface area contributed by atoms with Crippen molar-refractivity contribution in [3.8, 4) is 0 Å². The van der Waals surface area contributed by atoms with Gasteiger partial charge in [-0.1, -0.05) is 12.8 Å². The number of hydrogen-bond donors (Lipinski definition) is 3. The van der Waals surface area contributed by atoms with Gasteiger partial charge in [-0.3, -0.25) is 4.79 Å². The molecule has 2 atom stereocenters. The Hall–Kier alpha value is -1.79. The first-order valence-electron chi connectivity index (χ1n) is 7.43. The summed E-state index contributed by atoms with van der Waals surface area (Å²) in [6.07, 6.45) is 2.94. The molecule has 1 fully saturated rings. The fraction of sp³-hybridized carbons (Fsp3) is 0.786. The van der Waals surface area contributed by atoms with Gasteiger partial charge in [0, 0.05) is 12.6 Å². The van der Waals surface area contributed by atoms with Gasteiger partial charge in [-0.25, -0.2) is 9.59 Å². The lowest BCUT2D eigenvalue weighted by Crippen LogP contribution is -2.54. The van der Waals surface area contributed by atoms with E-state index in [9.17, 15) is 19.5 Å². The van der Waals surface area contributed by atoms with Gasteiger partial charge in [0.1, 0.15) is 12.1 Å². The second-order valence-corrected chi connectivity index (χ2v) is 5.73. The van der Waals surface area contributed by atoms with Crippen molar-refractivity contribution in [2.75, 3.05) is 6.54 Å². The summed E-state index contributed by atoms with van der Waals surface area (Å²) in [7, 11) is 0. The lowest BCUT2D eigenvalue weighted by atomic mass is 10.1. The third-order valence-corrected chi connectivity index (χ3v) is 3.46. The number of rotatable bonds is 4. The van der Waals surface area contributed by atoms with E-state index in [1.165, 1.54) is 4.90 Å². The van der Waals surface area contributed by atoms with Gasteiger partial charge in [0.05, 0.1) is 0 Å². The van der Waals surface area contributed by atoms with Gasteiger partial charge in [0.15, 0.2) is 0 Å². The Labute approximate surface area is 125 Å². The number of carboxylic acid groups (broad SMARTS) is 1. The summed E-state index contributed by atoms with van der Waals surface area (Å²) < 4.78 is 0. The van der Waals surface area contributed by atoms with Crippen molar-refractivity contribution in [3.63, 3.8) is 0 Å². The molecule has 0 aromatic heterocycles. The monoisotopic (exact) mass is 299 g/mol. The molecule has 21 heavy (non-hydrogen) atoms. The molecule has 120 valence electrons. The lowest BCUT2D eigenvalue weighted by Gasteiger charge is -2.28. The third kappa shape index (κ3) is 5.24.